The molecule has 376 valence electrons. The number of nitrogens with two attached hydrogens (primary N) is 5. The number of carboxylic acid groups (broad SMARTS) is 1. The molecule has 0 unspecified atom stereocenters. The van der Waals surface area contributed by atoms with E-state index >= 15 is 0 Å². The number of unbranched alkanes of at least 4 members (excludes halogenated alkanes) is 1. The third-order valence-corrected chi connectivity index (χ3v) is 12.8. The van der Waals surface area contributed by atoms with E-state index < -0.39 is 83.6 Å². The lowest BCUT2D eigenvalue weighted by Crippen LogP contribution is -2.65. The number of fused-ring (bicyclic) bond motifs is 1. The quantitative estimate of drug-likeness (QED) is 0.0240. The summed E-state index contributed by atoms with van der Waals surface area (Å²) in [4.78, 5) is 103. The number of nitrogens with zero attached hydrogens (tertiary/aromatic N) is 1. The molecule has 70 heavy (non-hydrogen) atoms. The van der Waals surface area contributed by atoms with Crippen LogP contribution in [0.2, 0.25) is 5.02 Å². The summed E-state index contributed by atoms with van der Waals surface area (Å²) in [5.41, 5.74) is 30.0. The van der Waals surface area contributed by atoms with E-state index in [4.69, 9.17) is 40.3 Å². The van der Waals surface area contributed by atoms with Crippen molar-refractivity contribution < 1.29 is 38.7 Å². The number of carbonyl (C=O) groups excluding carboxylic acids is 6. The first-order chi connectivity index (χ1) is 33.5. The lowest BCUT2D eigenvalue weighted by molar-refractivity contribution is -0.141. The molecule has 5 atom stereocenters. The molecule has 1 aromatic heterocycles. The Morgan fingerprint density at radius 1 is 0.729 bits per heavy atom. The molecule has 17 N–H and O–H groups in total. The zero-order valence-electron chi connectivity index (χ0n) is 39.0. The summed E-state index contributed by atoms with van der Waals surface area (Å²) >= 11 is 6.15. The SMILES string of the molecule is NCCCC[C@H](NC(=O)[C@H](Cc1c[nH]c2ccccc12)NC(=O)[C@H](CCCN=C(N)N)NC(=O)[C@@H](Cc1ccccc1)NC(=O)C1(NC(=O)[C@@H](N)CC(=O)O)CCC(c2ccc(Cl)cc2)CC1)C(N)=O. The average Bonchev–Trinajstić information content (AvgIpc) is 3.74. The smallest absolute Gasteiger partial charge is 0.305 e. The van der Waals surface area contributed by atoms with Crippen LogP contribution in [-0.4, -0.2) is 106 Å². The summed E-state index contributed by atoms with van der Waals surface area (Å²) in [7, 11) is 0. The number of nitrogens with one attached hydrogen (secondary N) is 6. The first kappa shape index (κ1) is 53.9. The summed E-state index contributed by atoms with van der Waals surface area (Å²) in [5, 5.41) is 24.7. The first-order valence-corrected chi connectivity index (χ1v) is 23.8. The molecule has 6 amide bonds. The van der Waals surface area contributed by atoms with Crippen LogP contribution in [-0.2, 0) is 46.4 Å². The molecule has 1 saturated carbocycles. The Labute approximate surface area is 411 Å². The van der Waals surface area contributed by atoms with Crippen LogP contribution in [0.1, 0.15) is 86.8 Å². The van der Waals surface area contributed by atoms with Crippen molar-refractivity contribution in [1.82, 2.24) is 31.6 Å². The van der Waals surface area contributed by atoms with Crippen molar-refractivity contribution in [3.05, 3.63) is 107 Å². The van der Waals surface area contributed by atoms with E-state index in [9.17, 15) is 38.7 Å². The van der Waals surface area contributed by atoms with Gasteiger partial charge in [0.1, 0.15) is 29.7 Å². The molecule has 0 saturated heterocycles. The third kappa shape index (κ3) is 15.8. The highest BCUT2D eigenvalue weighted by atomic mass is 35.5. The summed E-state index contributed by atoms with van der Waals surface area (Å²) in [6.07, 6.45) is 3.49. The zero-order valence-corrected chi connectivity index (χ0v) is 39.7. The number of rotatable bonds is 26. The van der Waals surface area contributed by atoms with Gasteiger partial charge in [-0.2, -0.15) is 0 Å². The van der Waals surface area contributed by atoms with E-state index in [1.54, 1.807) is 48.7 Å². The molecule has 3 aromatic carbocycles. The van der Waals surface area contributed by atoms with Gasteiger partial charge in [0.05, 0.1) is 12.5 Å². The van der Waals surface area contributed by atoms with Crippen molar-refractivity contribution in [3.63, 3.8) is 0 Å². The second kappa shape index (κ2) is 26.1. The van der Waals surface area contributed by atoms with Gasteiger partial charge < -0.3 is 65.3 Å². The second-order valence-corrected chi connectivity index (χ2v) is 18.1. The number of para-hydroxylation sites is 1. The molecule has 21 heteroatoms. The van der Waals surface area contributed by atoms with Crippen molar-refractivity contribution in [2.24, 2.45) is 33.7 Å². The minimum Gasteiger partial charge on any atom is -0.481 e. The van der Waals surface area contributed by atoms with Gasteiger partial charge in [0.2, 0.25) is 35.4 Å². The van der Waals surface area contributed by atoms with Crippen LogP contribution in [0.25, 0.3) is 10.9 Å². The van der Waals surface area contributed by atoms with Crippen LogP contribution in [0.15, 0.2) is 90.1 Å². The molecule has 20 nitrogen and oxygen atoms in total. The van der Waals surface area contributed by atoms with Crippen LogP contribution in [0.5, 0.6) is 0 Å². The maximum atomic E-state index is 14.8. The van der Waals surface area contributed by atoms with E-state index in [-0.39, 0.29) is 63.4 Å². The van der Waals surface area contributed by atoms with E-state index in [2.05, 4.69) is 36.6 Å². The van der Waals surface area contributed by atoms with E-state index in [0.29, 0.717) is 48.4 Å². The number of hydrogen-bond acceptors (Lipinski definition) is 10. The first-order valence-electron chi connectivity index (χ1n) is 23.4. The van der Waals surface area contributed by atoms with Gasteiger partial charge in [-0.25, -0.2) is 0 Å². The number of primary amides is 1. The molecule has 1 aliphatic rings. The minimum absolute atomic E-state index is 0.0101. The number of carbonyl (C=O) groups is 7. The number of halogens is 1. The van der Waals surface area contributed by atoms with Gasteiger partial charge in [-0.3, -0.25) is 38.6 Å². The predicted molar refractivity (Wildman–Crippen MR) is 266 cm³/mol. The van der Waals surface area contributed by atoms with Crippen molar-refractivity contribution in [2.45, 2.75) is 119 Å². The van der Waals surface area contributed by atoms with Crippen LogP contribution in [0.4, 0.5) is 0 Å². The van der Waals surface area contributed by atoms with Crippen LogP contribution < -0.4 is 55.3 Å². The highest BCUT2D eigenvalue weighted by Gasteiger charge is 2.45. The van der Waals surface area contributed by atoms with Crippen molar-refractivity contribution >= 4 is 69.9 Å². The number of aliphatic carboxylic acids is 1. The van der Waals surface area contributed by atoms with Crippen LogP contribution in [0.3, 0.4) is 0 Å². The van der Waals surface area contributed by atoms with E-state index in [0.717, 1.165) is 16.5 Å². The maximum absolute atomic E-state index is 14.8. The van der Waals surface area contributed by atoms with E-state index in [1.165, 1.54) is 0 Å². The standard InChI is InChI=1S/C49H65ClN12O8/c50-33-17-15-30(16-18-33)31-19-21-49(22-20-31,62-43(66)35(52)27-41(63)64)47(70)61-39(25-29-9-2-1-3-10-29)45(68)59-38(14-8-24-56-48(54)55)44(67)60-40(26-32-28-57-36-12-5-4-11-34(32)36)46(69)58-37(42(53)65)13-6-7-23-51/h1-5,9-12,15-18,28,31,35,37-40,57H,6-8,13-14,19-27,51-52H2,(H2,53,65)(H,58,69)(H,59,68)(H,60,67)(H,61,70)(H,62,66)(H,63,64)(H4,54,55,56)/t31?,35-,37-,38-,39+,40-,49?/m0/s1. The number of aromatic amines is 1. The fraction of sp³-hybridized carbons (Fsp3) is 0.429. The largest absolute Gasteiger partial charge is 0.481 e. The summed E-state index contributed by atoms with van der Waals surface area (Å²) in [6, 6.07) is 17.0. The topological polar surface area (TPSA) is 358 Å². The zero-order chi connectivity index (χ0) is 50.8. The Morgan fingerprint density at radius 3 is 1.97 bits per heavy atom. The predicted octanol–water partition coefficient (Wildman–Crippen LogP) is 1.23. The number of amides is 6. The number of aromatic nitrogens is 1. The fourth-order valence-corrected chi connectivity index (χ4v) is 8.78. The molecule has 1 aliphatic carbocycles. The Kier molecular flexibility index (Phi) is 20.1. The third-order valence-electron chi connectivity index (χ3n) is 12.5. The van der Waals surface area contributed by atoms with Crippen molar-refractivity contribution in [1.29, 1.82) is 0 Å². The molecule has 1 heterocycles. The summed E-state index contributed by atoms with van der Waals surface area (Å²) in [6.45, 7) is 0.453. The molecule has 0 bridgehead atoms. The summed E-state index contributed by atoms with van der Waals surface area (Å²) < 4.78 is 0. The Hall–Kier alpha value is -7.03. The Balaban J connectivity index is 1.45. The van der Waals surface area contributed by atoms with Gasteiger partial charge >= 0.3 is 5.97 Å². The van der Waals surface area contributed by atoms with Crippen LogP contribution >= 0.6 is 11.6 Å². The number of guanidine groups is 1. The number of aliphatic imine (C=N–C) groups is 1. The normalized spacial score (nSPS) is 17.7. The highest BCUT2D eigenvalue weighted by Crippen LogP contribution is 2.39. The van der Waals surface area contributed by atoms with E-state index in [1.807, 2.05) is 36.4 Å². The average molecular weight is 986 g/mol. The number of hydrogen-bond donors (Lipinski definition) is 12. The van der Waals surface area contributed by atoms with Gasteiger partial charge in [-0.1, -0.05) is 72.3 Å². The van der Waals surface area contributed by atoms with Gasteiger partial charge in [0, 0.05) is 41.5 Å². The number of benzene rings is 3. The summed E-state index contributed by atoms with van der Waals surface area (Å²) in [5.74, 6) is -6.07. The minimum atomic E-state index is -1.61. The number of H-pyrrole nitrogens is 1. The lowest BCUT2D eigenvalue weighted by atomic mass is 9.73. The maximum Gasteiger partial charge on any atom is 0.305 e. The molecule has 4 aromatic rings. The highest BCUT2D eigenvalue weighted by molar-refractivity contribution is 6.30. The molecule has 0 spiro atoms. The monoisotopic (exact) mass is 984 g/mol. The molecular formula is C49H65ClN12O8. The number of carboxylic acids is 1. The van der Waals surface area contributed by atoms with Crippen LogP contribution in [0, 0.1) is 0 Å². The van der Waals surface area contributed by atoms with Gasteiger partial charge in [-0.05, 0) is 105 Å². The molecular weight excluding hydrogens is 920 g/mol. The molecule has 1 fully saturated rings. The molecule has 0 aliphatic heterocycles. The van der Waals surface area contributed by atoms with Gasteiger partial charge in [0.25, 0.3) is 0 Å². The second-order valence-electron chi connectivity index (χ2n) is 17.7. The van der Waals surface area contributed by atoms with Crippen molar-refractivity contribution in [2.75, 3.05) is 13.1 Å². The van der Waals surface area contributed by atoms with Gasteiger partial charge in [0.15, 0.2) is 5.96 Å². The fourth-order valence-electron chi connectivity index (χ4n) is 8.65. The van der Waals surface area contributed by atoms with Gasteiger partial charge in [-0.15, -0.1) is 0 Å². The molecule has 0 radical (unpaired) electrons. The van der Waals surface area contributed by atoms with Crippen molar-refractivity contribution in [3.8, 4) is 0 Å². The Morgan fingerprint density at radius 2 is 1.33 bits per heavy atom. The molecule has 5 rings (SSSR count). The lowest BCUT2D eigenvalue weighted by Gasteiger charge is -2.41. The Bertz CT molecular complexity index is 2460.